The quantitative estimate of drug-likeness (QED) is 0.483. The van der Waals surface area contributed by atoms with Gasteiger partial charge in [0, 0.05) is 25.5 Å². The summed E-state index contributed by atoms with van der Waals surface area (Å²) in [7, 11) is 3.09. The first-order valence-electron chi connectivity index (χ1n) is 8.60. The van der Waals surface area contributed by atoms with E-state index < -0.39 is 5.97 Å². The molecular formula is C20H19N5O4. The number of carboxylic acids is 1. The van der Waals surface area contributed by atoms with E-state index in [-0.39, 0.29) is 11.5 Å². The van der Waals surface area contributed by atoms with Crippen LogP contribution >= 0.6 is 0 Å². The third-order valence-corrected chi connectivity index (χ3v) is 4.01. The minimum absolute atomic E-state index is 0.0943. The lowest BCUT2D eigenvalue weighted by molar-refractivity contribution is 0.0696. The SMILES string of the molecule is CNC(=O)c1cnc(Nc2cc(C(=O)O)ccn2)cc1Nc1ccccc1OC. The van der Waals surface area contributed by atoms with E-state index in [4.69, 9.17) is 9.84 Å². The smallest absolute Gasteiger partial charge is 0.335 e. The molecule has 0 radical (unpaired) electrons. The first-order valence-corrected chi connectivity index (χ1v) is 8.60. The molecule has 29 heavy (non-hydrogen) atoms. The number of pyridine rings is 2. The summed E-state index contributed by atoms with van der Waals surface area (Å²) in [5.74, 6) is -0.0692. The molecule has 0 atom stereocenters. The van der Waals surface area contributed by atoms with Gasteiger partial charge in [0.15, 0.2) is 0 Å². The van der Waals surface area contributed by atoms with Gasteiger partial charge < -0.3 is 25.8 Å². The van der Waals surface area contributed by atoms with Gasteiger partial charge >= 0.3 is 5.97 Å². The summed E-state index contributed by atoms with van der Waals surface area (Å²) in [5, 5.41) is 17.8. The predicted octanol–water partition coefficient (Wildman–Crippen LogP) is 3.03. The van der Waals surface area contributed by atoms with Gasteiger partial charge in [-0.2, -0.15) is 0 Å². The highest BCUT2D eigenvalue weighted by molar-refractivity contribution is 6.00. The van der Waals surface area contributed by atoms with E-state index in [9.17, 15) is 9.59 Å². The van der Waals surface area contributed by atoms with Crippen LogP contribution in [0.25, 0.3) is 0 Å². The normalized spacial score (nSPS) is 10.1. The number of carbonyl (C=O) groups excluding carboxylic acids is 1. The number of anilines is 4. The molecule has 0 aliphatic heterocycles. The van der Waals surface area contributed by atoms with Crippen molar-refractivity contribution in [3.63, 3.8) is 0 Å². The standard InChI is InChI=1S/C20H19N5O4/c1-21-19(26)13-11-23-18(25-17-9-12(20(27)28)7-8-22-17)10-15(13)24-14-5-3-4-6-16(14)29-2/h3-11H,1-2H3,(H,21,26)(H,27,28)(H2,22,23,24,25). The van der Waals surface area contributed by atoms with Crippen molar-refractivity contribution < 1.29 is 19.4 Å². The number of aromatic carboxylic acids is 1. The molecule has 0 aliphatic carbocycles. The maximum Gasteiger partial charge on any atom is 0.335 e. The Labute approximate surface area is 166 Å². The number of hydrogen-bond acceptors (Lipinski definition) is 7. The largest absolute Gasteiger partial charge is 0.495 e. The van der Waals surface area contributed by atoms with Gasteiger partial charge in [0.1, 0.15) is 17.4 Å². The number of carboxylic acid groups (broad SMARTS) is 1. The fourth-order valence-corrected chi connectivity index (χ4v) is 2.60. The van der Waals surface area contributed by atoms with Crippen molar-refractivity contribution in [2.75, 3.05) is 24.8 Å². The molecule has 0 saturated carbocycles. The third-order valence-electron chi connectivity index (χ3n) is 4.01. The molecule has 3 aromatic rings. The summed E-state index contributed by atoms with van der Waals surface area (Å²) >= 11 is 0. The van der Waals surface area contributed by atoms with E-state index in [0.29, 0.717) is 34.3 Å². The molecule has 0 fully saturated rings. The van der Waals surface area contributed by atoms with Crippen molar-refractivity contribution in [3.05, 3.63) is 66.0 Å². The molecule has 4 N–H and O–H groups in total. The average Bonchev–Trinajstić information content (AvgIpc) is 2.74. The van der Waals surface area contributed by atoms with Gasteiger partial charge in [0.2, 0.25) is 0 Å². The van der Waals surface area contributed by atoms with Crippen LogP contribution < -0.4 is 20.7 Å². The number of carbonyl (C=O) groups is 2. The van der Waals surface area contributed by atoms with Crippen molar-refractivity contribution in [1.82, 2.24) is 15.3 Å². The number of ether oxygens (including phenoxy) is 1. The van der Waals surface area contributed by atoms with E-state index >= 15 is 0 Å². The molecule has 148 valence electrons. The lowest BCUT2D eigenvalue weighted by Gasteiger charge is -2.15. The molecule has 0 saturated heterocycles. The average molecular weight is 393 g/mol. The zero-order chi connectivity index (χ0) is 20.8. The first kappa shape index (κ1) is 19.6. The van der Waals surface area contributed by atoms with Gasteiger partial charge in [-0.25, -0.2) is 14.8 Å². The van der Waals surface area contributed by atoms with Crippen molar-refractivity contribution in [2.45, 2.75) is 0 Å². The molecule has 1 aromatic carbocycles. The maximum absolute atomic E-state index is 12.2. The minimum Gasteiger partial charge on any atom is -0.495 e. The summed E-state index contributed by atoms with van der Waals surface area (Å²) in [6.45, 7) is 0. The second-order valence-corrected chi connectivity index (χ2v) is 5.88. The summed E-state index contributed by atoms with van der Waals surface area (Å²) in [4.78, 5) is 31.7. The van der Waals surface area contributed by atoms with Crippen molar-refractivity contribution >= 4 is 34.9 Å². The second-order valence-electron chi connectivity index (χ2n) is 5.88. The van der Waals surface area contributed by atoms with Crippen molar-refractivity contribution in [2.24, 2.45) is 0 Å². The van der Waals surface area contributed by atoms with E-state index in [1.807, 2.05) is 18.2 Å². The Hall–Kier alpha value is -4.14. The first-order chi connectivity index (χ1) is 14.0. The molecule has 0 unspecified atom stereocenters. The number of methoxy groups -OCH3 is 1. The molecule has 2 heterocycles. The number of hydrogen-bond donors (Lipinski definition) is 4. The van der Waals surface area contributed by atoms with Crippen LogP contribution in [-0.4, -0.2) is 41.1 Å². The maximum atomic E-state index is 12.2. The van der Waals surface area contributed by atoms with Crippen LogP contribution in [0.2, 0.25) is 0 Å². The van der Waals surface area contributed by atoms with E-state index in [2.05, 4.69) is 25.9 Å². The van der Waals surface area contributed by atoms with Crippen LogP contribution in [0, 0.1) is 0 Å². The Morgan fingerprint density at radius 1 is 1.00 bits per heavy atom. The van der Waals surface area contributed by atoms with Gasteiger partial charge in [-0.15, -0.1) is 0 Å². The lowest BCUT2D eigenvalue weighted by Crippen LogP contribution is -2.19. The highest BCUT2D eigenvalue weighted by Crippen LogP contribution is 2.30. The predicted molar refractivity (Wildman–Crippen MR) is 108 cm³/mol. The van der Waals surface area contributed by atoms with E-state index in [1.165, 1.54) is 31.6 Å². The topological polar surface area (TPSA) is 125 Å². The molecule has 9 heteroatoms. The number of nitrogens with one attached hydrogen (secondary N) is 3. The Balaban J connectivity index is 1.96. The fourth-order valence-electron chi connectivity index (χ4n) is 2.60. The minimum atomic E-state index is -1.06. The molecule has 1 amide bonds. The monoisotopic (exact) mass is 393 g/mol. The zero-order valence-corrected chi connectivity index (χ0v) is 15.8. The van der Waals surface area contributed by atoms with Gasteiger partial charge in [-0.1, -0.05) is 12.1 Å². The van der Waals surface area contributed by atoms with E-state index in [1.54, 1.807) is 19.2 Å². The Bertz CT molecular complexity index is 1050. The highest BCUT2D eigenvalue weighted by atomic mass is 16.5. The van der Waals surface area contributed by atoms with Crippen LogP contribution in [-0.2, 0) is 0 Å². The summed E-state index contributed by atoms with van der Waals surface area (Å²) in [6.07, 6.45) is 2.80. The van der Waals surface area contributed by atoms with Gasteiger partial charge in [-0.3, -0.25) is 4.79 Å². The third kappa shape index (κ3) is 4.59. The van der Waals surface area contributed by atoms with Gasteiger partial charge in [0.05, 0.1) is 29.6 Å². The molecule has 3 rings (SSSR count). The van der Waals surface area contributed by atoms with Gasteiger partial charge in [-0.05, 0) is 24.3 Å². The van der Waals surface area contributed by atoms with Crippen molar-refractivity contribution in [3.8, 4) is 5.75 Å². The van der Waals surface area contributed by atoms with Crippen molar-refractivity contribution in [1.29, 1.82) is 0 Å². The number of aromatic nitrogens is 2. The number of nitrogens with zero attached hydrogens (tertiary/aromatic N) is 2. The number of benzene rings is 1. The number of rotatable bonds is 7. The molecule has 0 spiro atoms. The zero-order valence-electron chi connectivity index (χ0n) is 15.8. The summed E-state index contributed by atoms with van der Waals surface area (Å²) < 4.78 is 5.35. The Morgan fingerprint density at radius 3 is 2.48 bits per heavy atom. The highest BCUT2D eigenvalue weighted by Gasteiger charge is 2.14. The molecule has 9 nitrogen and oxygen atoms in total. The molecular weight excluding hydrogens is 374 g/mol. The number of amides is 1. The summed E-state index contributed by atoms with van der Waals surface area (Å²) in [5.41, 5.74) is 1.58. The van der Waals surface area contributed by atoms with Crippen LogP contribution in [0.15, 0.2) is 54.9 Å². The lowest BCUT2D eigenvalue weighted by atomic mass is 10.2. The fraction of sp³-hybridized carbons (Fsp3) is 0.100. The number of para-hydroxylation sites is 2. The Morgan fingerprint density at radius 2 is 1.76 bits per heavy atom. The van der Waals surface area contributed by atoms with Crippen LogP contribution in [0.5, 0.6) is 5.75 Å². The van der Waals surface area contributed by atoms with E-state index in [0.717, 1.165) is 0 Å². The second kappa shape index (κ2) is 8.70. The summed E-state index contributed by atoms with van der Waals surface area (Å²) in [6, 6.07) is 11.7. The van der Waals surface area contributed by atoms with Crippen LogP contribution in [0.1, 0.15) is 20.7 Å². The Kier molecular flexibility index (Phi) is 5.88. The molecule has 0 aliphatic rings. The molecule has 0 bridgehead atoms. The van der Waals surface area contributed by atoms with Gasteiger partial charge in [0.25, 0.3) is 5.91 Å². The van der Waals surface area contributed by atoms with Crippen LogP contribution in [0.3, 0.4) is 0 Å². The molecule has 2 aromatic heterocycles. The van der Waals surface area contributed by atoms with Crippen LogP contribution in [0.4, 0.5) is 23.0 Å².